The van der Waals surface area contributed by atoms with Gasteiger partial charge in [-0.25, -0.2) is 0 Å². The Hall–Kier alpha value is -6.36. The Kier molecular flexibility index (Phi) is 5.83. The SMILES string of the molecule is c1ccc(-c2ccc(N(c3ccc4oc5ccccc5c4c3)c3cccc4c3sc3ccc5oc6c7ccccc7ccc6c5c34)cc2)cc1. The lowest BCUT2D eigenvalue weighted by atomic mass is 10.0. The van der Waals surface area contributed by atoms with Gasteiger partial charge in [-0.05, 0) is 77.2 Å². The predicted octanol–water partition coefficient (Wildman–Crippen LogP) is 14.1. The fourth-order valence-electron chi connectivity index (χ4n) is 7.76. The maximum absolute atomic E-state index is 6.61. The van der Waals surface area contributed by atoms with Gasteiger partial charge in [0.05, 0.1) is 10.4 Å². The van der Waals surface area contributed by atoms with E-state index < -0.39 is 0 Å². The van der Waals surface area contributed by atoms with Gasteiger partial charge in [0.2, 0.25) is 0 Å². The Morgan fingerprint density at radius 2 is 1.14 bits per heavy atom. The second-order valence-electron chi connectivity index (χ2n) is 12.9. The van der Waals surface area contributed by atoms with Crippen molar-refractivity contribution >= 4 is 103 Å². The van der Waals surface area contributed by atoms with Gasteiger partial charge in [0, 0.05) is 53.8 Å². The lowest BCUT2D eigenvalue weighted by molar-refractivity contribution is 0.669. The number of thiophene rings is 1. The van der Waals surface area contributed by atoms with Crippen LogP contribution < -0.4 is 4.90 Å². The minimum atomic E-state index is 0.885. The van der Waals surface area contributed by atoms with Crippen LogP contribution in [0.25, 0.3) is 85.9 Å². The van der Waals surface area contributed by atoms with Gasteiger partial charge in [-0.3, -0.25) is 0 Å². The Morgan fingerprint density at radius 1 is 0.420 bits per heavy atom. The molecule has 0 amide bonds. The molecule has 8 aromatic carbocycles. The van der Waals surface area contributed by atoms with Crippen molar-refractivity contribution in [1.82, 2.24) is 0 Å². The van der Waals surface area contributed by atoms with E-state index in [9.17, 15) is 0 Å². The molecule has 0 bridgehead atoms. The monoisotopic (exact) mass is 657 g/mol. The molecule has 0 atom stereocenters. The summed E-state index contributed by atoms with van der Waals surface area (Å²) >= 11 is 1.84. The quantitative estimate of drug-likeness (QED) is 0.189. The van der Waals surface area contributed by atoms with Crippen LogP contribution in [0.2, 0.25) is 0 Å². The van der Waals surface area contributed by atoms with Crippen LogP contribution in [0.15, 0.2) is 173 Å². The molecule has 3 nitrogen and oxygen atoms in total. The first-order chi connectivity index (χ1) is 24.8. The summed E-state index contributed by atoms with van der Waals surface area (Å²) in [4.78, 5) is 2.39. The number of hydrogen-bond acceptors (Lipinski definition) is 4. The molecule has 0 N–H and O–H groups in total. The van der Waals surface area contributed by atoms with E-state index in [1.807, 2.05) is 23.5 Å². The first kappa shape index (κ1) is 27.6. The third-order valence-corrected chi connectivity index (χ3v) is 11.3. The molecule has 4 heteroatoms. The third-order valence-electron chi connectivity index (χ3n) is 10.1. The molecule has 0 aliphatic rings. The molecule has 234 valence electrons. The molecule has 0 unspecified atom stereocenters. The number of para-hydroxylation sites is 1. The van der Waals surface area contributed by atoms with Crippen molar-refractivity contribution in [2.24, 2.45) is 0 Å². The fourth-order valence-corrected chi connectivity index (χ4v) is 8.97. The molecule has 3 aromatic heterocycles. The maximum atomic E-state index is 6.61. The van der Waals surface area contributed by atoms with E-state index in [-0.39, 0.29) is 0 Å². The number of fused-ring (bicyclic) bond motifs is 12. The number of nitrogens with zero attached hydrogens (tertiary/aromatic N) is 1. The predicted molar refractivity (Wildman–Crippen MR) is 212 cm³/mol. The molecule has 3 heterocycles. The highest BCUT2D eigenvalue weighted by Crippen LogP contribution is 2.49. The van der Waals surface area contributed by atoms with Crippen LogP contribution in [0.5, 0.6) is 0 Å². The molecule has 0 saturated carbocycles. The van der Waals surface area contributed by atoms with Crippen LogP contribution >= 0.6 is 11.3 Å². The van der Waals surface area contributed by atoms with Crippen LogP contribution in [-0.2, 0) is 0 Å². The van der Waals surface area contributed by atoms with E-state index in [0.717, 1.165) is 60.9 Å². The highest BCUT2D eigenvalue weighted by Gasteiger charge is 2.22. The van der Waals surface area contributed by atoms with Crippen molar-refractivity contribution in [3.8, 4) is 11.1 Å². The minimum Gasteiger partial charge on any atom is -0.456 e. The van der Waals surface area contributed by atoms with Crippen molar-refractivity contribution in [2.45, 2.75) is 0 Å². The summed E-state index contributed by atoms with van der Waals surface area (Å²) in [6.07, 6.45) is 0. The molecule has 0 fully saturated rings. The van der Waals surface area contributed by atoms with Crippen LogP contribution in [0.1, 0.15) is 0 Å². The molecule has 0 aliphatic heterocycles. The molecule has 0 saturated heterocycles. The van der Waals surface area contributed by atoms with Gasteiger partial charge in [0.25, 0.3) is 0 Å². The average Bonchev–Trinajstić information content (AvgIpc) is 3.87. The van der Waals surface area contributed by atoms with Crippen molar-refractivity contribution in [2.75, 3.05) is 4.90 Å². The van der Waals surface area contributed by atoms with E-state index in [1.165, 1.54) is 42.1 Å². The molecule has 11 aromatic rings. The molecule has 11 rings (SSSR count). The zero-order valence-corrected chi connectivity index (χ0v) is 27.6. The maximum Gasteiger partial charge on any atom is 0.143 e. The Bertz CT molecular complexity index is 3090. The van der Waals surface area contributed by atoms with Gasteiger partial charge < -0.3 is 13.7 Å². The van der Waals surface area contributed by atoms with Crippen molar-refractivity contribution in [3.05, 3.63) is 164 Å². The van der Waals surface area contributed by atoms with Gasteiger partial charge in [-0.15, -0.1) is 11.3 Å². The number of hydrogen-bond donors (Lipinski definition) is 0. The van der Waals surface area contributed by atoms with Crippen LogP contribution in [-0.4, -0.2) is 0 Å². The molecular weight excluding hydrogens is 631 g/mol. The van der Waals surface area contributed by atoms with Crippen LogP contribution in [0.3, 0.4) is 0 Å². The summed E-state index contributed by atoms with van der Waals surface area (Å²) < 4.78 is 15.3. The molecule has 0 spiro atoms. The molecule has 50 heavy (non-hydrogen) atoms. The zero-order valence-electron chi connectivity index (χ0n) is 26.8. The summed E-state index contributed by atoms with van der Waals surface area (Å²) in [6, 6.07) is 58.3. The summed E-state index contributed by atoms with van der Waals surface area (Å²) in [5.41, 5.74) is 9.33. The first-order valence-corrected chi connectivity index (χ1v) is 17.7. The average molecular weight is 658 g/mol. The molecule has 0 radical (unpaired) electrons. The lowest BCUT2D eigenvalue weighted by Crippen LogP contribution is -2.10. The van der Waals surface area contributed by atoms with Gasteiger partial charge in [0.15, 0.2) is 0 Å². The topological polar surface area (TPSA) is 29.5 Å². The standard InChI is InChI=1S/C46H27NO2S/c1-2-9-28(10-3-1)29-17-20-31(21-18-29)47(32-22-24-40-37(27-32)34-13-6-7-16-39(34)48-40)38-15-8-14-36-44-42(50-46(36)38)26-25-41-43(44)35-23-19-30-11-4-5-12-33(30)45(35)49-41/h1-27H. The van der Waals surface area contributed by atoms with E-state index in [2.05, 4.69) is 157 Å². The minimum absolute atomic E-state index is 0.885. The van der Waals surface area contributed by atoms with Gasteiger partial charge in [-0.2, -0.15) is 0 Å². The lowest BCUT2D eigenvalue weighted by Gasteiger charge is -2.26. The van der Waals surface area contributed by atoms with Gasteiger partial charge >= 0.3 is 0 Å². The number of furan rings is 2. The third kappa shape index (κ3) is 4.03. The number of anilines is 3. The molecular formula is C46H27NO2S. The Balaban J connectivity index is 1.17. The van der Waals surface area contributed by atoms with E-state index in [4.69, 9.17) is 8.83 Å². The zero-order chi connectivity index (χ0) is 32.8. The summed E-state index contributed by atoms with van der Waals surface area (Å²) in [7, 11) is 0. The second-order valence-corrected chi connectivity index (χ2v) is 13.9. The largest absolute Gasteiger partial charge is 0.456 e. The van der Waals surface area contributed by atoms with E-state index >= 15 is 0 Å². The smallest absolute Gasteiger partial charge is 0.143 e. The van der Waals surface area contributed by atoms with E-state index in [0.29, 0.717) is 0 Å². The summed E-state index contributed by atoms with van der Waals surface area (Å²) in [5.74, 6) is 0. The van der Waals surface area contributed by atoms with Crippen molar-refractivity contribution in [1.29, 1.82) is 0 Å². The van der Waals surface area contributed by atoms with Crippen LogP contribution in [0, 0.1) is 0 Å². The Morgan fingerprint density at radius 3 is 2.04 bits per heavy atom. The van der Waals surface area contributed by atoms with Gasteiger partial charge in [-0.1, -0.05) is 103 Å². The second kappa shape index (κ2) is 10.6. The first-order valence-electron chi connectivity index (χ1n) is 16.8. The van der Waals surface area contributed by atoms with E-state index in [1.54, 1.807) is 0 Å². The highest BCUT2D eigenvalue weighted by atomic mass is 32.1. The summed E-state index contributed by atoms with van der Waals surface area (Å²) in [5, 5.41) is 9.35. The van der Waals surface area contributed by atoms with Crippen LogP contribution in [0.4, 0.5) is 17.1 Å². The van der Waals surface area contributed by atoms with Crippen molar-refractivity contribution < 1.29 is 8.83 Å². The highest BCUT2D eigenvalue weighted by molar-refractivity contribution is 7.26. The normalized spacial score (nSPS) is 12.0. The Labute approximate surface area is 290 Å². The fraction of sp³-hybridized carbons (Fsp3) is 0. The summed E-state index contributed by atoms with van der Waals surface area (Å²) in [6.45, 7) is 0. The number of benzene rings is 8. The molecule has 0 aliphatic carbocycles. The number of rotatable bonds is 4. The van der Waals surface area contributed by atoms with Gasteiger partial charge in [0.1, 0.15) is 22.3 Å². The van der Waals surface area contributed by atoms with Crippen molar-refractivity contribution in [3.63, 3.8) is 0 Å².